The Morgan fingerprint density at radius 2 is 2.29 bits per heavy atom. The van der Waals surface area contributed by atoms with Gasteiger partial charge in [-0.15, -0.1) is 0 Å². The Morgan fingerprint density at radius 3 is 3.17 bits per heavy atom. The first-order valence-electron chi connectivity index (χ1n) is 8.49. The van der Waals surface area contributed by atoms with Gasteiger partial charge in [-0.3, -0.25) is 10.00 Å². The van der Waals surface area contributed by atoms with Crippen molar-refractivity contribution in [3.05, 3.63) is 47.9 Å². The first-order chi connectivity index (χ1) is 11.8. The van der Waals surface area contributed by atoms with Crippen molar-refractivity contribution in [1.29, 1.82) is 0 Å². The highest BCUT2D eigenvalue weighted by molar-refractivity contribution is 5.39. The molecule has 0 spiro atoms. The number of morpholine rings is 1. The van der Waals surface area contributed by atoms with Crippen LogP contribution >= 0.6 is 0 Å². The molecule has 0 bridgehead atoms. The number of fused-ring (bicyclic) bond motifs is 1. The van der Waals surface area contributed by atoms with Crippen molar-refractivity contribution in [2.45, 2.75) is 32.4 Å². The van der Waals surface area contributed by atoms with Gasteiger partial charge in [-0.2, -0.15) is 5.10 Å². The summed E-state index contributed by atoms with van der Waals surface area (Å²) in [6.07, 6.45) is 6.02. The zero-order valence-corrected chi connectivity index (χ0v) is 13.9. The molecule has 3 aromatic rings. The van der Waals surface area contributed by atoms with Crippen LogP contribution in [-0.4, -0.2) is 49.2 Å². The molecule has 1 N–H and O–H groups in total. The molecule has 1 fully saturated rings. The van der Waals surface area contributed by atoms with Crippen molar-refractivity contribution < 1.29 is 4.74 Å². The molecule has 7 nitrogen and oxygen atoms in total. The number of nitrogens with one attached hydrogen (secondary N) is 1. The summed E-state index contributed by atoms with van der Waals surface area (Å²) in [5.74, 6) is 1.70. The summed E-state index contributed by atoms with van der Waals surface area (Å²) in [5.41, 5.74) is 2.05. The van der Waals surface area contributed by atoms with Crippen molar-refractivity contribution in [2.75, 3.05) is 19.7 Å². The minimum Gasteiger partial charge on any atom is -0.367 e. The third kappa shape index (κ3) is 3.18. The van der Waals surface area contributed by atoms with Gasteiger partial charge in [0.25, 0.3) is 0 Å². The predicted octanol–water partition coefficient (Wildman–Crippen LogP) is 1.98. The van der Waals surface area contributed by atoms with Gasteiger partial charge in [0.2, 0.25) is 0 Å². The van der Waals surface area contributed by atoms with Crippen LogP contribution in [0.2, 0.25) is 0 Å². The van der Waals surface area contributed by atoms with Crippen molar-refractivity contribution in [3.8, 4) is 0 Å². The highest BCUT2D eigenvalue weighted by Crippen LogP contribution is 2.20. The lowest BCUT2D eigenvalue weighted by atomic mass is 10.2. The molecule has 4 heterocycles. The second kappa shape index (κ2) is 6.70. The van der Waals surface area contributed by atoms with Gasteiger partial charge in [0.15, 0.2) is 5.82 Å². The maximum absolute atomic E-state index is 5.87. The Bertz CT molecular complexity index is 777. The summed E-state index contributed by atoms with van der Waals surface area (Å²) in [4.78, 5) is 11.6. The van der Waals surface area contributed by atoms with Crippen molar-refractivity contribution in [3.63, 3.8) is 0 Å². The average molecular weight is 326 g/mol. The quantitative estimate of drug-likeness (QED) is 0.776. The number of aryl methyl sites for hydroxylation is 1. The van der Waals surface area contributed by atoms with Gasteiger partial charge in [-0.05, 0) is 18.6 Å². The number of hydrogen-bond acceptors (Lipinski definition) is 5. The molecule has 0 aromatic carbocycles. The molecular weight excluding hydrogens is 304 g/mol. The zero-order valence-electron chi connectivity index (χ0n) is 13.9. The number of H-pyrrole nitrogens is 1. The Hall–Kier alpha value is -2.25. The Balaban J connectivity index is 1.44. The molecule has 0 aliphatic carbocycles. The topological polar surface area (TPSA) is 71.3 Å². The molecule has 1 aliphatic rings. The fourth-order valence-corrected chi connectivity index (χ4v) is 3.10. The van der Waals surface area contributed by atoms with Gasteiger partial charge in [0.05, 0.1) is 12.3 Å². The van der Waals surface area contributed by atoms with Crippen molar-refractivity contribution in [1.82, 2.24) is 29.5 Å². The molecule has 1 atom stereocenters. The van der Waals surface area contributed by atoms with Crippen molar-refractivity contribution in [2.24, 2.45) is 0 Å². The minimum atomic E-state index is -0.0716. The van der Waals surface area contributed by atoms with E-state index in [0.29, 0.717) is 6.61 Å². The number of imidazole rings is 1. The van der Waals surface area contributed by atoms with E-state index < -0.39 is 0 Å². The third-order valence-electron chi connectivity index (χ3n) is 4.27. The molecular formula is C17H22N6O. The van der Waals surface area contributed by atoms with E-state index in [1.54, 1.807) is 0 Å². The van der Waals surface area contributed by atoms with Gasteiger partial charge in [-0.25, -0.2) is 9.97 Å². The fourth-order valence-electron chi connectivity index (χ4n) is 3.10. The average Bonchev–Trinajstić information content (AvgIpc) is 3.21. The summed E-state index contributed by atoms with van der Waals surface area (Å²) in [6, 6.07) is 6.04. The highest BCUT2D eigenvalue weighted by Gasteiger charge is 2.25. The summed E-state index contributed by atoms with van der Waals surface area (Å²) in [6.45, 7) is 5.33. The number of pyridine rings is 1. The molecule has 4 rings (SSSR count). The number of nitrogens with zero attached hydrogens (tertiary/aromatic N) is 5. The Morgan fingerprint density at radius 1 is 1.33 bits per heavy atom. The number of aromatic amines is 1. The van der Waals surface area contributed by atoms with E-state index in [0.717, 1.165) is 55.5 Å². The molecule has 0 unspecified atom stereocenters. The van der Waals surface area contributed by atoms with Gasteiger partial charge < -0.3 is 9.14 Å². The minimum absolute atomic E-state index is 0.0716. The van der Waals surface area contributed by atoms with Crippen molar-refractivity contribution >= 4 is 5.65 Å². The molecule has 126 valence electrons. The SMILES string of the molecule is CCCc1nc([C@H]2CN(Cc3cn4ccccc4n3)CCO2)n[nH]1. The van der Waals surface area contributed by atoms with Crippen LogP contribution in [0.15, 0.2) is 30.6 Å². The summed E-state index contributed by atoms with van der Waals surface area (Å²) < 4.78 is 7.93. The van der Waals surface area contributed by atoms with Gasteiger partial charge in [0.1, 0.15) is 17.6 Å². The van der Waals surface area contributed by atoms with Gasteiger partial charge in [0, 0.05) is 38.4 Å². The molecule has 3 aromatic heterocycles. The maximum atomic E-state index is 5.87. The van der Waals surface area contributed by atoms with Crippen LogP contribution in [0.1, 0.15) is 36.8 Å². The number of aromatic nitrogens is 5. The number of rotatable bonds is 5. The van der Waals surface area contributed by atoms with Crippen LogP contribution in [-0.2, 0) is 17.7 Å². The van der Waals surface area contributed by atoms with Gasteiger partial charge >= 0.3 is 0 Å². The first-order valence-corrected chi connectivity index (χ1v) is 8.49. The first kappa shape index (κ1) is 15.3. The van der Waals surface area contributed by atoms with E-state index in [-0.39, 0.29) is 6.10 Å². The normalized spacial score (nSPS) is 19.1. The fraction of sp³-hybridized carbons (Fsp3) is 0.471. The largest absolute Gasteiger partial charge is 0.367 e. The third-order valence-corrected chi connectivity index (χ3v) is 4.27. The van der Waals surface area contributed by atoms with E-state index >= 15 is 0 Å². The van der Waals surface area contributed by atoms with E-state index in [1.165, 1.54) is 0 Å². The summed E-state index contributed by atoms with van der Waals surface area (Å²) >= 11 is 0. The molecule has 0 radical (unpaired) electrons. The molecule has 1 aliphatic heterocycles. The molecule has 0 saturated carbocycles. The van der Waals surface area contributed by atoms with E-state index in [9.17, 15) is 0 Å². The number of ether oxygens (including phenoxy) is 1. The molecule has 1 saturated heterocycles. The standard InChI is InChI=1S/C17H22N6O/c1-2-5-15-19-17(21-20-15)14-12-22(8-9-24-14)10-13-11-23-7-4-3-6-16(23)18-13/h3-4,6-7,11,14H,2,5,8-10,12H2,1H3,(H,19,20,21)/t14-/m1/s1. The van der Waals surface area contributed by atoms with E-state index in [4.69, 9.17) is 4.74 Å². The van der Waals surface area contributed by atoms with E-state index in [2.05, 4.69) is 42.6 Å². The van der Waals surface area contributed by atoms with Crippen LogP contribution in [0.3, 0.4) is 0 Å². The summed E-state index contributed by atoms with van der Waals surface area (Å²) in [5, 5.41) is 7.34. The Kier molecular flexibility index (Phi) is 4.27. The second-order valence-electron chi connectivity index (χ2n) is 6.18. The van der Waals surface area contributed by atoms with Crippen LogP contribution < -0.4 is 0 Å². The van der Waals surface area contributed by atoms with Crippen LogP contribution in [0.25, 0.3) is 5.65 Å². The lowest BCUT2D eigenvalue weighted by Gasteiger charge is -2.30. The van der Waals surface area contributed by atoms with E-state index in [1.807, 2.05) is 24.4 Å². The van der Waals surface area contributed by atoms with Gasteiger partial charge in [-0.1, -0.05) is 13.0 Å². The smallest absolute Gasteiger partial charge is 0.180 e. The van der Waals surface area contributed by atoms with Crippen LogP contribution in [0, 0.1) is 0 Å². The monoisotopic (exact) mass is 326 g/mol. The summed E-state index contributed by atoms with van der Waals surface area (Å²) in [7, 11) is 0. The van der Waals surface area contributed by atoms with Crippen LogP contribution in [0.4, 0.5) is 0 Å². The molecule has 24 heavy (non-hydrogen) atoms. The lowest BCUT2D eigenvalue weighted by Crippen LogP contribution is -2.38. The maximum Gasteiger partial charge on any atom is 0.180 e. The molecule has 7 heteroatoms. The van der Waals surface area contributed by atoms with Crippen LogP contribution in [0.5, 0.6) is 0 Å². The zero-order chi connectivity index (χ0) is 16.4. The predicted molar refractivity (Wildman–Crippen MR) is 89.5 cm³/mol. The Labute approximate surface area is 140 Å². The second-order valence-corrected chi connectivity index (χ2v) is 6.18. The lowest BCUT2D eigenvalue weighted by molar-refractivity contribution is -0.0373. The molecule has 0 amide bonds. The highest BCUT2D eigenvalue weighted by atomic mass is 16.5. The number of hydrogen-bond donors (Lipinski definition) is 1.